The average molecular weight is 271 g/mol. The molecule has 0 fully saturated rings. The van der Waals surface area contributed by atoms with Crippen LogP contribution in [0.1, 0.15) is 34.8 Å². The van der Waals surface area contributed by atoms with E-state index in [1.165, 1.54) is 0 Å². The highest BCUT2D eigenvalue weighted by Crippen LogP contribution is 2.15. The van der Waals surface area contributed by atoms with Crippen molar-refractivity contribution in [2.24, 2.45) is 0 Å². The van der Waals surface area contributed by atoms with Crippen LogP contribution in [-0.4, -0.2) is 16.2 Å². The van der Waals surface area contributed by atoms with Gasteiger partial charge in [-0.25, -0.2) is 0 Å². The number of ketones is 1. The van der Waals surface area contributed by atoms with Crippen LogP contribution in [0.4, 0.5) is 0 Å². The number of Topliss-reactive ketones (excluding diaryl/α,β-unsaturated/α-hetero) is 1. The molecule has 1 aromatic rings. The molecular formula is C12H15BrO2. The lowest BCUT2D eigenvalue weighted by Crippen LogP contribution is -2.04. The summed E-state index contributed by atoms with van der Waals surface area (Å²) in [5.74, 6) is 0.160. The van der Waals surface area contributed by atoms with Crippen molar-refractivity contribution in [3.8, 4) is 0 Å². The zero-order chi connectivity index (χ0) is 11.3. The molecule has 1 rings (SSSR count). The average Bonchev–Trinajstić information content (AvgIpc) is 2.28. The maximum Gasteiger partial charge on any atom is 0.163 e. The number of hydrogen-bond donors (Lipinski definition) is 1. The smallest absolute Gasteiger partial charge is 0.163 e. The number of aryl methyl sites for hydroxylation is 1. The molecule has 0 heterocycles. The number of carbonyl (C=O) groups is 1. The predicted octanol–water partition coefficient (Wildman–Crippen LogP) is 2.71. The number of benzene rings is 1. The lowest BCUT2D eigenvalue weighted by molar-refractivity contribution is 0.0989. The predicted molar refractivity (Wildman–Crippen MR) is 64.5 cm³/mol. The standard InChI is InChI=1S/C12H15BrO2/c1-2-10-7-9(8-14)3-4-11(10)12(15)5-6-13/h3-4,7,14H,2,5-6,8H2,1H3. The first kappa shape index (κ1) is 12.4. The molecule has 0 aliphatic rings. The first-order chi connectivity index (χ1) is 7.22. The lowest BCUT2D eigenvalue weighted by Gasteiger charge is -2.07. The maximum atomic E-state index is 11.7. The molecule has 0 radical (unpaired) electrons. The van der Waals surface area contributed by atoms with E-state index in [4.69, 9.17) is 5.11 Å². The first-order valence-electron chi connectivity index (χ1n) is 5.04. The van der Waals surface area contributed by atoms with Gasteiger partial charge in [-0.3, -0.25) is 4.79 Å². The summed E-state index contributed by atoms with van der Waals surface area (Å²) in [5.41, 5.74) is 2.67. The summed E-state index contributed by atoms with van der Waals surface area (Å²) in [4.78, 5) is 11.7. The number of hydrogen-bond acceptors (Lipinski definition) is 2. The molecule has 0 bridgehead atoms. The van der Waals surface area contributed by atoms with Crippen LogP contribution >= 0.6 is 15.9 Å². The number of halogens is 1. The van der Waals surface area contributed by atoms with Crippen molar-refractivity contribution < 1.29 is 9.90 Å². The zero-order valence-electron chi connectivity index (χ0n) is 8.79. The molecule has 15 heavy (non-hydrogen) atoms. The molecule has 0 aromatic heterocycles. The maximum absolute atomic E-state index is 11.7. The second-order valence-electron chi connectivity index (χ2n) is 3.37. The molecule has 0 saturated heterocycles. The van der Waals surface area contributed by atoms with Crippen molar-refractivity contribution in [2.45, 2.75) is 26.4 Å². The van der Waals surface area contributed by atoms with Crippen LogP contribution in [0.2, 0.25) is 0 Å². The fourth-order valence-corrected chi connectivity index (χ4v) is 1.89. The highest BCUT2D eigenvalue weighted by Gasteiger charge is 2.09. The van der Waals surface area contributed by atoms with Crippen LogP contribution in [0.5, 0.6) is 0 Å². The van der Waals surface area contributed by atoms with Crippen LogP contribution in [-0.2, 0) is 13.0 Å². The minimum atomic E-state index is 0.0277. The van der Waals surface area contributed by atoms with Gasteiger partial charge in [-0.1, -0.05) is 41.1 Å². The Bertz CT molecular complexity index is 347. The molecule has 0 aliphatic carbocycles. The number of aliphatic hydroxyl groups excluding tert-OH is 1. The molecule has 0 saturated carbocycles. The topological polar surface area (TPSA) is 37.3 Å². The van der Waals surface area contributed by atoms with Crippen LogP contribution in [0, 0.1) is 0 Å². The highest BCUT2D eigenvalue weighted by atomic mass is 79.9. The van der Waals surface area contributed by atoms with Crippen molar-refractivity contribution in [1.29, 1.82) is 0 Å². The fraction of sp³-hybridized carbons (Fsp3) is 0.417. The summed E-state index contributed by atoms with van der Waals surface area (Å²) in [6.07, 6.45) is 1.34. The Morgan fingerprint density at radius 3 is 2.73 bits per heavy atom. The summed E-state index contributed by atoms with van der Waals surface area (Å²) >= 11 is 3.26. The van der Waals surface area contributed by atoms with Crippen LogP contribution < -0.4 is 0 Å². The Morgan fingerprint density at radius 2 is 2.20 bits per heavy atom. The van der Waals surface area contributed by atoms with Crippen molar-refractivity contribution in [2.75, 3.05) is 5.33 Å². The van der Waals surface area contributed by atoms with E-state index in [-0.39, 0.29) is 12.4 Å². The van der Waals surface area contributed by atoms with Gasteiger partial charge in [0.25, 0.3) is 0 Å². The van der Waals surface area contributed by atoms with Crippen molar-refractivity contribution in [3.05, 3.63) is 34.9 Å². The Hall–Kier alpha value is -0.670. The Balaban J connectivity index is 3.02. The largest absolute Gasteiger partial charge is 0.392 e. The van der Waals surface area contributed by atoms with E-state index in [1.807, 2.05) is 19.1 Å². The first-order valence-corrected chi connectivity index (χ1v) is 6.16. The second kappa shape index (κ2) is 6.03. The number of alkyl halides is 1. The molecule has 0 unspecified atom stereocenters. The molecule has 0 amide bonds. The second-order valence-corrected chi connectivity index (χ2v) is 4.16. The van der Waals surface area contributed by atoms with E-state index in [9.17, 15) is 4.79 Å². The Kier molecular flexibility index (Phi) is 4.99. The Morgan fingerprint density at radius 1 is 1.47 bits per heavy atom. The lowest BCUT2D eigenvalue weighted by atomic mass is 9.98. The molecular weight excluding hydrogens is 256 g/mol. The van der Waals surface area contributed by atoms with Gasteiger partial charge in [0, 0.05) is 17.3 Å². The van der Waals surface area contributed by atoms with E-state index in [0.29, 0.717) is 11.8 Å². The molecule has 82 valence electrons. The van der Waals surface area contributed by atoms with Gasteiger partial charge < -0.3 is 5.11 Å². The number of carbonyl (C=O) groups excluding carboxylic acids is 1. The normalized spacial score (nSPS) is 10.3. The fourth-order valence-electron chi connectivity index (χ4n) is 1.53. The van der Waals surface area contributed by atoms with Gasteiger partial charge in [0.1, 0.15) is 0 Å². The molecule has 0 atom stereocenters. The van der Waals surface area contributed by atoms with Crippen LogP contribution in [0.3, 0.4) is 0 Å². The molecule has 2 nitrogen and oxygen atoms in total. The van der Waals surface area contributed by atoms with Gasteiger partial charge in [0.05, 0.1) is 6.61 Å². The third kappa shape index (κ3) is 3.14. The Labute approximate surface area is 98.4 Å². The number of aliphatic hydroxyl groups is 1. The quantitative estimate of drug-likeness (QED) is 0.660. The van der Waals surface area contributed by atoms with E-state index in [0.717, 1.165) is 23.1 Å². The van der Waals surface area contributed by atoms with E-state index in [2.05, 4.69) is 15.9 Å². The van der Waals surface area contributed by atoms with E-state index < -0.39 is 0 Å². The summed E-state index contributed by atoms with van der Waals surface area (Å²) < 4.78 is 0. The van der Waals surface area contributed by atoms with Gasteiger partial charge in [0.15, 0.2) is 5.78 Å². The van der Waals surface area contributed by atoms with Gasteiger partial charge in [0.2, 0.25) is 0 Å². The van der Waals surface area contributed by atoms with Crippen LogP contribution in [0.15, 0.2) is 18.2 Å². The van der Waals surface area contributed by atoms with E-state index in [1.54, 1.807) is 6.07 Å². The van der Waals surface area contributed by atoms with Gasteiger partial charge in [-0.2, -0.15) is 0 Å². The zero-order valence-corrected chi connectivity index (χ0v) is 10.4. The van der Waals surface area contributed by atoms with Gasteiger partial charge >= 0.3 is 0 Å². The minimum absolute atomic E-state index is 0.0277. The number of rotatable bonds is 5. The molecule has 3 heteroatoms. The minimum Gasteiger partial charge on any atom is -0.392 e. The molecule has 1 aromatic carbocycles. The summed E-state index contributed by atoms with van der Waals surface area (Å²) in [5, 5.41) is 9.69. The third-order valence-corrected chi connectivity index (χ3v) is 2.75. The van der Waals surface area contributed by atoms with Crippen LogP contribution in [0.25, 0.3) is 0 Å². The molecule has 1 N–H and O–H groups in total. The summed E-state index contributed by atoms with van der Waals surface area (Å²) in [7, 11) is 0. The third-order valence-electron chi connectivity index (χ3n) is 2.36. The monoisotopic (exact) mass is 270 g/mol. The summed E-state index contributed by atoms with van der Waals surface area (Å²) in [6.45, 7) is 2.04. The molecule has 0 aliphatic heterocycles. The van der Waals surface area contributed by atoms with Crippen molar-refractivity contribution in [1.82, 2.24) is 0 Å². The molecule has 0 spiro atoms. The van der Waals surface area contributed by atoms with Gasteiger partial charge in [-0.05, 0) is 17.5 Å². The highest BCUT2D eigenvalue weighted by molar-refractivity contribution is 9.09. The summed E-state index contributed by atoms with van der Waals surface area (Å²) in [6, 6.07) is 5.53. The van der Waals surface area contributed by atoms with E-state index >= 15 is 0 Å². The van der Waals surface area contributed by atoms with Crippen molar-refractivity contribution >= 4 is 21.7 Å². The van der Waals surface area contributed by atoms with Gasteiger partial charge in [-0.15, -0.1) is 0 Å². The van der Waals surface area contributed by atoms with Crippen molar-refractivity contribution in [3.63, 3.8) is 0 Å². The SMILES string of the molecule is CCc1cc(CO)ccc1C(=O)CCBr.